The Morgan fingerprint density at radius 3 is 2.47 bits per heavy atom. The lowest BCUT2D eigenvalue weighted by molar-refractivity contribution is 0.0950. The first-order valence-electron chi connectivity index (χ1n) is 14.4. The summed E-state index contributed by atoms with van der Waals surface area (Å²) in [6.45, 7) is 4.38. The highest BCUT2D eigenvalue weighted by atomic mass is 19.1. The van der Waals surface area contributed by atoms with Crippen molar-refractivity contribution in [3.63, 3.8) is 0 Å². The molecule has 13 nitrogen and oxygen atoms in total. The normalized spacial score (nSPS) is 19.0. The lowest BCUT2D eigenvalue weighted by Crippen LogP contribution is -2.55. The second-order valence-electron chi connectivity index (χ2n) is 10.3. The molecule has 0 spiro atoms. The number of nitrogens with zero attached hydrogens (tertiary/aromatic N) is 7. The number of rotatable bonds is 8. The van der Waals surface area contributed by atoms with Crippen LogP contribution in [-0.4, -0.2) is 95.1 Å². The van der Waals surface area contributed by atoms with Crippen LogP contribution in [0.15, 0.2) is 55.0 Å². The molecule has 2 aliphatic heterocycles. The Labute approximate surface area is 249 Å². The first-order valence-corrected chi connectivity index (χ1v) is 14.4. The molecule has 2 saturated heterocycles. The first kappa shape index (κ1) is 29.7. The molecule has 4 heterocycles. The number of likely N-dealkylation sites (N-methyl/N-ethyl adjacent to an activating group) is 1. The summed E-state index contributed by atoms with van der Waals surface area (Å²) in [5.41, 5.74) is 1.16. The van der Waals surface area contributed by atoms with Crippen LogP contribution < -0.4 is 25.2 Å². The topological polar surface area (TPSA) is 138 Å². The highest BCUT2D eigenvalue weighted by Gasteiger charge is 2.35. The molecule has 2 aromatic heterocycles. The van der Waals surface area contributed by atoms with Gasteiger partial charge in [-0.05, 0) is 31.5 Å². The second-order valence-corrected chi connectivity index (χ2v) is 10.3. The van der Waals surface area contributed by atoms with Crippen molar-refractivity contribution in [2.45, 2.75) is 44.5 Å². The van der Waals surface area contributed by atoms with Gasteiger partial charge in [0.1, 0.15) is 18.1 Å². The minimum absolute atomic E-state index is 0.161. The van der Waals surface area contributed by atoms with Crippen LogP contribution >= 0.6 is 0 Å². The number of amides is 3. The average Bonchev–Trinajstić information content (AvgIpc) is 3.03. The van der Waals surface area contributed by atoms with E-state index in [0.717, 1.165) is 31.6 Å². The highest BCUT2D eigenvalue weighted by Crippen LogP contribution is 2.24. The van der Waals surface area contributed by atoms with Gasteiger partial charge < -0.3 is 24.2 Å². The fourth-order valence-corrected chi connectivity index (χ4v) is 5.13. The van der Waals surface area contributed by atoms with Gasteiger partial charge >= 0.3 is 12.1 Å². The number of ether oxygens (including phenoxy) is 2. The quantitative estimate of drug-likeness (QED) is 0.395. The van der Waals surface area contributed by atoms with Crippen molar-refractivity contribution in [2.24, 2.45) is 0 Å². The van der Waals surface area contributed by atoms with Gasteiger partial charge in [-0.1, -0.05) is 18.2 Å². The minimum atomic E-state index is -1.25. The van der Waals surface area contributed by atoms with E-state index in [1.807, 2.05) is 25.1 Å². The van der Waals surface area contributed by atoms with Crippen molar-refractivity contribution in [1.82, 2.24) is 24.8 Å². The molecule has 43 heavy (non-hydrogen) atoms. The monoisotopic (exact) mass is 593 g/mol. The van der Waals surface area contributed by atoms with Crippen LogP contribution in [0, 0.1) is 0 Å². The third kappa shape index (κ3) is 7.76. The fraction of sp³-hybridized carbons (Fsp3) is 0.448. The Morgan fingerprint density at radius 1 is 0.977 bits per heavy atom. The smallest absolute Gasteiger partial charge is 0.413 e. The largest absolute Gasteiger partial charge is 0.477 e. The Balaban J connectivity index is 1.13. The van der Waals surface area contributed by atoms with Gasteiger partial charge in [0.25, 0.3) is 0 Å². The summed E-state index contributed by atoms with van der Waals surface area (Å²) in [5, 5.41) is 5.32. The number of benzene rings is 1. The summed E-state index contributed by atoms with van der Waals surface area (Å²) in [4.78, 5) is 47.9. The molecule has 2 atom stereocenters. The molecule has 2 N–H and O–H groups in total. The van der Waals surface area contributed by atoms with E-state index in [2.05, 4.69) is 47.6 Å². The fourth-order valence-electron chi connectivity index (χ4n) is 5.13. The van der Waals surface area contributed by atoms with Gasteiger partial charge in [0, 0.05) is 58.0 Å². The number of carbonyl (C=O) groups excluding carboxylic acids is 2. The molecule has 5 rings (SSSR count). The third-order valence-electron chi connectivity index (χ3n) is 7.47. The maximum absolute atomic E-state index is 15.0. The van der Waals surface area contributed by atoms with E-state index in [-0.39, 0.29) is 30.7 Å². The molecule has 0 unspecified atom stereocenters. The lowest BCUT2D eigenvalue weighted by atomic mass is 10.0. The van der Waals surface area contributed by atoms with E-state index in [1.165, 1.54) is 30.5 Å². The molecule has 3 aromatic rings. The summed E-state index contributed by atoms with van der Waals surface area (Å²) in [7, 11) is 1.53. The van der Waals surface area contributed by atoms with E-state index in [1.54, 1.807) is 11.0 Å². The number of hydrogen-bond acceptors (Lipinski definition) is 10. The summed E-state index contributed by atoms with van der Waals surface area (Å²) in [6.07, 6.45) is 3.90. The summed E-state index contributed by atoms with van der Waals surface area (Å²) in [5.74, 6) is 1.15. The zero-order valence-electron chi connectivity index (χ0n) is 24.2. The van der Waals surface area contributed by atoms with E-state index in [4.69, 9.17) is 9.47 Å². The SMILES string of the molecule is CCOc1cnc(NC(=O)N(C)[C@H]2CN(c3nccc(NC(=O)OC4CCN(c5ccccc5)CC4)n3)CC[C@H]2F)cn1. The zero-order valence-corrected chi connectivity index (χ0v) is 24.2. The van der Waals surface area contributed by atoms with Crippen molar-refractivity contribution >= 4 is 35.4 Å². The molecule has 14 heteroatoms. The van der Waals surface area contributed by atoms with E-state index in [9.17, 15) is 9.59 Å². The van der Waals surface area contributed by atoms with Crippen molar-refractivity contribution in [2.75, 3.05) is 60.3 Å². The van der Waals surface area contributed by atoms with Gasteiger partial charge in [-0.2, -0.15) is 4.98 Å². The summed E-state index contributed by atoms with van der Waals surface area (Å²) < 4.78 is 25.9. The summed E-state index contributed by atoms with van der Waals surface area (Å²) >= 11 is 0. The predicted molar refractivity (Wildman–Crippen MR) is 159 cm³/mol. The molecular formula is C29H36FN9O4. The van der Waals surface area contributed by atoms with E-state index < -0.39 is 24.3 Å². The van der Waals surface area contributed by atoms with E-state index >= 15 is 4.39 Å². The van der Waals surface area contributed by atoms with Gasteiger partial charge in [0.05, 0.1) is 25.0 Å². The van der Waals surface area contributed by atoms with Gasteiger partial charge in [-0.25, -0.2) is 28.9 Å². The molecular weight excluding hydrogens is 557 g/mol. The first-order chi connectivity index (χ1) is 20.9. The van der Waals surface area contributed by atoms with Gasteiger partial charge in [0.15, 0.2) is 5.82 Å². The standard InChI is InChI=1S/C29H36FN9O4/c1-3-42-26-18-32-25(17-33-26)35-28(40)37(2)23-19-39(16-12-22(23)30)27-31-13-9-24(34-27)36-29(41)43-21-10-14-38(15-11-21)20-7-5-4-6-8-20/h4-9,13,17-18,21-23H,3,10-12,14-16,19H2,1-2H3,(H,32,35,40)(H,31,34,36,41)/t22-,23+/m1/s1. The Hall–Kier alpha value is -4.75. The summed E-state index contributed by atoms with van der Waals surface area (Å²) in [6, 6.07) is 10.4. The van der Waals surface area contributed by atoms with Crippen LogP contribution in [0.2, 0.25) is 0 Å². The van der Waals surface area contributed by atoms with Crippen LogP contribution in [0.4, 0.5) is 37.3 Å². The van der Waals surface area contributed by atoms with Crippen LogP contribution in [0.3, 0.4) is 0 Å². The van der Waals surface area contributed by atoms with Crippen LogP contribution in [0.1, 0.15) is 26.2 Å². The van der Waals surface area contributed by atoms with Gasteiger partial charge in [-0.15, -0.1) is 0 Å². The van der Waals surface area contributed by atoms with Gasteiger partial charge in [-0.3, -0.25) is 10.6 Å². The molecule has 228 valence electrons. The number of hydrogen-bond donors (Lipinski definition) is 2. The maximum Gasteiger partial charge on any atom is 0.413 e. The third-order valence-corrected chi connectivity index (χ3v) is 7.47. The zero-order chi connectivity index (χ0) is 30.2. The molecule has 0 radical (unpaired) electrons. The van der Waals surface area contributed by atoms with Crippen molar-refractivity contribution in [3.05, 3.63) is 55.0 Å². The van der Waals surface area contributed by atoms with Gasteiger partial charge in [0.2, 0.25) is 11.8 Å². The van der Waals surface area contributed by atoms with Crippen LogP contribution in [0.25, 0.3) is 0 Å². The molecule has 0 saturated carbocycles. The predicted octanol–water partition coefficient (Wildman–Crippen LogP) is 3.96. The number of anilines is 4. The molecule has 0 bridgehead atoms. The average molecular weight is 594 g/mol. The van der Waals surface area contributed by atoms with E-state index in [0.29, 0.717) is 25.0 Å². The Kier molecular flexibility index (Phi) is 9.64. The number of para-hydroxylation sites is 1. The minimum Gasteiger partial charge on any atom is -0.477 e. The number of urea groups is 1. The van der Waals surface area contributed by atoms with Crippen molar-refractivity contribution < 1.29 is 23.5 Å². The Morgan fingerprint density at radius 2 is 1.74 bits per heavy atom. The number of halogens is 1. The number of aromatic nitrogens is 4. The highest BCUT2D eigenvalue weighted by molar-refractivity contribution is 5.88. The Bertz CT molecular complexity index is 1360. The lowest BCUT2D eigenvalue weighted by Gasteiger charge is -2.39. The number of nitrogens with one attached hydrogen (secondary N) is 2. The van der Waals surface area contributed by atoms with Crippen molar-refractivity contribution in [3.8, 4) is 5.88 Å². The molecule has 1 aromatic carbocycles. The number of carbonyl (C=O) groups is 2. The maximum atomic E-state index is 15.0. The molecule has 2 aliphatic rings. The molecule has 2 fully saturated rings. The van der Waals surface area contributed by atoms with Crippen LogP contribution in [0.5, 0.6) is 5.88 Å². The van der Waals surface area contributed by atoms with Crippen LogP contribution in [-0.2, 0) is 4.74 Å². The number of piperidine rings is 2. The number of alkyl halides is 1. The molecule has 3 amide bonds. The van der Waals surface area contributed by atoms with Crippen molar-refractivity contribution in [1.29, 1.82) is 0 Å². The second kappa shape index (κ2) is 13.9. The molecule has 0 aliphatic carbocycles.